The Kier molecular flexibility index (Phi) is 6.93. The van der Waals surface area contributed by atoms with Crippen LogP contribution < -0.4 is 16.4 Å². The molecule has 0 aliphatic heterocycles. The van der Waals surface area contributed by atoms with Crippen molar-refractivity contribution in [1.82, 2.24) is 15.2 Å². The number of amides is 2. The van der Waals surface area contributed by atoms with Crippen molar-refractivity contribution < 1.29 is 9.59 Å². The molecule has 7 heteroatoms. The summed E-state index contributed by atoms with van der Waals surface area (Å²) in [6.07, 6.45) is 5.24. The molecule has 4 rings (SSSR count). The first-order valence-electron chi connectivity index (χ1n) is 11.6. The molecular weight excluding hydrogens is 426 g/mol. The van der Waals surface area contributed by atoms with E-state index in [1.54, 1.807) is 12.1 Å². The molecule has 7 nitrogen and oxygen atoms in total. The molecule has 0 saturated heterocycles. The SMILES string of the molecule is C=CC(=O)Nc1cccc2ccc(-c3ccc(N)c(C(=O)N[C@H]4CC[C@H](N(C)C)CC4)n3)cc12. The molecule has 4 N–H and O–H groups in total. The van der Waals surface area contributed by atoms with E-state index in [9.17, 15) is 9.59 Å². The molecule has 0 atom stereocenters. The maximum absolute atomic E-state index is 13.0. The molecule has 1 fully saturated rings. The highest BCUT2D eigenvalue weighted by Gasteiger charge is 2.25. The first-order chi connectivity index (χ1) is 16.4. The van der Waals surface area contributed by atoms with Gasteiger partial charge >= 0.3 is 0 Å². The van der Waals surface area contributed by atoms with Crippen molar-refractivity contribution in [2.24, 2.45) is 0 Å². The number of carbonyl (C=O) groups excluding carboxylic acids is 2. The van der Waals surface area contributed by atoms with Crippen LogP contribution in [0.4, 0.5) is 11.4 Å². The fourth-order valence-electron chi connectivity index (χ4n) is 4.53. The van der Waals surface area contributed by atoms with Crippen molar-refractivity contribution in [3.05, 3.63) is 66.9 Å². The van der Waals surface area contributed by atoms with Crippen molar-refractivity contribution in [2.45, 2.75) is 37.8 Å². The predicted octanol–water partition coefficient (Wildman–Crippen LogP) is 4.21. The molecule has 0 unspecified atom stereocenters. The van der Waals surface area contributed by atoms with E-state index in [-0.39, 0.29) is 23.6 Å². The van der Waals surface area contributed by atoms with Gasteiger partial charge < -0.3 is 21.3 Å². The summed E-state index contributed by atoms with van der Waals surface area (Å²) in [6, 6.07) is 15.8. The zero-order valence-electron chi connectivity index (χ0n) is 19.7. The molecule has 1 aromatic heterocycles. The summed E-state index contributed by atoms with van der Waals surface area (Å²) in [7, 11) is 4.20. The smallest absolute Gasteiger partial charge is 0.272 e. The molecule has 1 saturated carbocycles. The molecule has 2 aromatic carbocycles. The number of nitrogens with zero attached hydrogens (tertiary/aromatic N) is 2. The predicted molar refractivity (Wildman–Crippen MR) is 138 cm³/mol. The fraction of sp³-hybridized carbons (Fsp3) is 0.296. The number of hydrogen-bond donors (Lipinski definition) is 3. The Morgan fingerprint density at radius 3 is 2.56 bits per heavy atom. The monoisotopic (exact) mass is 457 g/mol. The minimum atomic E-state index is -0.276. The number of pyridine rings is 1. The van der Waals surface area contributed by atoms with Crippen LogP contribution in [-0.2, 0) is 4.79 Å². The summed E-state index contributed by atoms with van der Waals surface area (Å²) in [4.78, 5) is 31.7. The Hall–Kier alpha value is -3.71. The average molecular weight is 458 g/mol. The van der Waals surface area contributed by atoms with Crippen molar-refractivity contribution in [3.63, 3.8) is 0 Å². The van der Waals surface area contributed by atoms with Gasteiger partial charge in [-0.05, 0) is 75.5 Å². The summed E-state index contributed by atoms with van der Waals surface area (Å²) in [5, 5.41) is 7.82. The zero-order valence-corrected chi connectivity index (χ0v) is 19.7. The van der Waals surface area contributed by atoms with Crippen LogP contribution in [0.3, 0.4) is 0 Å². The van der Waals surface area contributed by atoms with E-state index in [0.717, 1.165) is 42.0 Å². The first-order valence-corrected chi connectivity index (χ1v) is 11.6. The average Bonchev–Trinajstić information content (AvgIpc) is 2.84. The molecule has 1 aliphatic carbocycles. The summed E-state index contributed by atoms with van der Waals surface area (Å²) < 4.78 is 0. The van der Waals surface area contributed by atoms with Crippen LogP contribution in [0.2, 0.25) is 0 Å². The van der Waals surface area contributed by atoms with E-state index in [0.29, 0.717) is 23.1 Å². The molecule has 34 heavy (non-hydrogen) atoms. The van der Waals surface area contributed by atoms with Crippen LogP contribution in [-0.4, -0.2) is 47.9 Å². The van der Waals surface area contributed by atoms with Gasteiger partial charge in [-0.25, -0.2) is 4.98 Å². The van der Waals surface area contributed by atoms with Crippen LogP contribution in [0.1, 0.15) is 36.2 Å². The van der Waals surface area contributed by atoms with Crippen LogP contribution >= 0.6 is 0 Å². The molecule has 1 aliphatic rings. The van der Waals surface area contributed by atoms with Gasteiger partial charge in [0.05, 0.1) is 11.4 Å². The summed E-state index contributed by atoms with van der Waals surface area (Å²) in [5.74, 6) is -0.519. The highest BCUT2D eigenvalue weighted by Crippen LogP contribution is 2.30. The lowest BCUT2D eigenvalue weighted by molar-refractivity contribution is -0.111. The number of carbonyl (C=O) groups is 2. The maximum atomic E-state index is 13.0. The zero-order chi connectivity index (χ0) is 24.2. The summed E-state index contributed by atoms with van der Waals surface area (Å²) in [5.41, 5.74) is 8.87. The first kappa shape index (κ1) is 23.4. The fourth-order valence-corrected chi connectivity index (χ4v) is 4.53. The van der Waals surface area contributed by atoms with Crippen LogP contribution in [0.15, 0.2) is 61.2 Å². The molecule has 0 bridgehead atoms. The van der Waals surface area contributed by atoms with E-state index in [1.807, 2.05) is 36.4 Å². The van der Waals surface area contributed by atoms with Crippen molar-refractivity contribution in [1.29, 1.82) is 0 Å². The Bertz CT molecular complexity index is 1230. The topological polar surface area (TPSA) is 100 Å². The van der Waals surface area contributed by atoms with Crippen molar-refractivity contribution in [2.75, 3.05) is 25.1 Å². The van der Waals surface area contributed by atoms with Crippen molar-refractivity contribution >= 4 is 34.0 Å². The van der Waals surface area contributed by atoms with Crippen LogP contribution in [0.25, 0.3) is 22.0 Å². The number of benzene rings is 2. The van der Waals surface area contributed by atoms with E-state index in [1.165, 1.54) is 6.08 Å². The lowest BCUT2D eigenvalue weighted by atomic mass is 9.90. The Morgan fingerprint density at radius 1 is 1.09 bits per heavy atom. The van der Waals surface area contributed by atoms with Gasteiger partial charge in [0, 0.05) is 28.7 Å². The third-order valence-corrected chi connectivity index (χ3v) is 6.52. The molecule has 2 amide bonds. The molecule has 0 spiro atoms. The van der Waals surface area contributed by atoms with Gasteiger partial charge in [0.1, 0.15) is 0 Å². The van der Waals surface area contributed by atoms with Gasteiger partial charge in [-0.3, -0.25) is 9.59 Å². The third-order valence-electron chi connectivity index (χ3n) is 6.52. The highest BCUT2D eigenvalue weighted by atomic mass is 16.2. The van der Waals surface area contributed by atoms with Gasteiger partial charge in [-0.2, -0.15) is 0 Å². The number of nitrogens with one attached hydrogen (secondary N) is 2. The lowest BCUT2D eigenvalue weighted by Crippen LogP contribution is -2.42. The molecule has 3 aromatic rings. The lowest BCUT2D eigenvalue weighted by Gasteiger charge is -2.32. The quantitative estimate of drug-likeness (QED) is 0.482. The number of fused-ring (bicyclic) bond motifs is 1. The van der Waals surface area contributed by atoms with Gasteiger partial charge in [0.2, 0.25) is 5.91 Å². The standard InChI is InChI=1S/C27H31N5O2/c1-4-25(33)30-24-7-5-6-17-8-9-18(16-21(17)24)23-15-14-22(28)26(31-23)27(34)29-19-10-12-20(13-11-19)32(2)3/h4-9,14-16,19-20H,1,10-13,28H2,2-3H3,(H,29,34)(H,30,33)/t19-,20-. The number of rotatable bonds is 6. The summed E-state index contributed by atoms with van der Waals surface area (Å²) in [6.45, 7) is 3.52. The number of aromatic nitrogens is 1. The number of hydrogen-bond acceptors (Lipinski definition) is 5. The largest absolute Gasteiger partial charge is 0.397 e. The second-order valence-corrected chi connectivity index (χ2v) is 9.01. The normalized spacial score (nSPS) is 18.0. The highest BCUT2D eigenvalue weighted by molar-refractivity contribution is 6.06. The minimum absolute atomic E-state index is 0.130. The minimum Gasteiger partial charge on any atom is -0.397 e. The van der Waals surface area contributed by atoms with E-state index in [2.05, 4.69) is 41.2 Å². The third kappa shape index (κ3) is 5.10. The molecule has 0 radical (unpaired) electrons. The summed E-state index contributed by atoms with van der Waals surface area (Å²) >= 11 is 0. The second-order valence-electron chi connectivity index (χ2n) is 9.01. The Balaban J connectivity index is 1.58. The van der Waals surface area contributed by atoms with E-state index in [4.69, 9.17) is 5.73 Å². The molecule has 1 heterocycles. The second kappa shape index (κ2) is 10.1. The number of nitrogens with two attached hydrogens (primary N) is 1. The van der Waals surface area contributed by atoms with Crippen LogP contribution in [0, 0.1) is 0 Å². The molecule has 176 valence electrons. The van der Waals surface area contributed by atoms with E-state index < -0.39 is 0 Å². The Labute approximate surface area is 200 Å². The van der Waals surface area contributed by atoms with Crippen LogP contribution in [0.5, 0.6) is 0 Å². The van der Waals surface area contributed by atoms with Gasteiger partial charge in [0.25, 0.3) is 5.91 Å². The number of anilines is 2. The van der Waals surface area contributed by atoms with Gasteiger partial charge in [0.15, 0.2) is 5.69 Å². The Morgan fingerprint density at radius 2 is 1.85 bits per heavy atom. The van der Waals surface area contributed by atoms with Gasteiger partial charge in [-0.1, -0.05) is 30.8 Å². The maximum Gasteiger partial charge on any atom is 0.272 e. The molecular formula is C27H31N5O2. The van der Waals surface area contributed by atoms with E-state index >= 15 is 0 Å². The number of nitrogen functional groups attached to an aromatic ring is 1. The van der Waals surface area contributed by atoms with Gasteiger partial charge in [-0.15, -0.1) is 0 Å². The van der Waals surface area contributed by atoms with Crippen molar-refractivity contribution in [3.8, 4) is 11.3 Å².